The van der Waals surface area contributed by atoms with Gasteiger partial charge >= 0.3 is 0 Å². The van der Waals surface area contributed by atoms with Crippen molar-refractivity contribution in [2.75, 3.05) is 0 Å². The van der Waals surface area contributed by atoms with Crippen molar-refractivity contribution < 1.29 is 18.0 Å². The van der Waals surface area contributed by atoms with Crippen LogP contribution in [0, 0.1) is 22.9 Å². The number of carbonyl (C=O) groups is 1. The zero-order chi connectivity index (χ0) is 14.4. The molecule has 1 saturated carbocycles. The van der Waals surface area contributed by atoms with Crippen LogP contribution in [0.5, 0.6) is 0 Å². The summed E-state index contributed by atoms with van der Waals surface area (Å²) in [4.78, 5) is 11.9. The molecule has 1 aliphatic carbocycles. The molecular formula is C13H15F3N2O. The first kappa shape index (κ1) is 13.9. The molecule has 1 amide bonds. The van der Waals surface area contributed by atoms with Gasteiger partial charge < -0.3 is 11.1 Å². The number of carbonyl (C=O) groups excluding carboxylic acids is 1. The Morgan fingerprint density at radius 1 is 1.32 bits per heavy atom. The summed E-state index contributed by atoms with van der Waals surface area (Å²) < 4.78 is 38.9. The Hall–Kier alpha value is -1.56. The summed E-state index contributed by atoms with van der Waals surface area (Å²) >= 11 is 0. The van der Waals surface area contributed by atoms with Crippen molar-refractivity contribution in [1.82, 2.24) is 5.32 Å². The average molecular weight is 272 g/mol. The second-order valence-corrected chi connectivity index (χ2v) is 5.44. The molecule has 3 nitrogen and oxygen atoms in total. The van der Waals surface area contributed by atoms with Crippen molar-refractivity contribution in [3.8, 4) is 0 Å². The molecule has 0 aliphatic heterocycles. The molecule has 0 radical (unpaired) electrons. The molecule has 0 spiro atoms. The van der Waals surface area contributed by atoms with Crippen molar-refractivity contribution in [2.24, 2.45) is 11.1 Å². The molecule has 2 unspecified atom stereocenters. The number of amides is 1. The minimum absolute atomic E-state index is 0.0282. The van der Waals surface area contributed by atoms with Crippen LogP contribution in [0.1, 0.15) is 30.6 Å². The highest BCUT2D eigenvalue weighted by molar-refractivity contribution is 5.94. The predicted molar refractivity (Wildman–Crippen MR) is 63.9 cm³/mol. The summed E-state index contributed by atoms with van der Waals surface area (Å²) in [5, 5.41) is 2.65. The summed E-state index contributed by atoms with van der Waals surface area (Å²) in [6, 6.07) is 1.17. The van der Waals surface area contributed by atoms with E-state index in [4.69, 9.17) is 5.73 Å². The van der Waals surface area contributed by atoms with Crippen molar-refractivity contribution in [1.29, 1.82) is 0 Å². The molecule has 3 N–H and O–H groups in total. The molecular weight excluding hydrogens is 257 g/mol. The Kier molecular flexibility index (Phi) is 3.30. The maximum absolute atomic E-state index is 13.0. The lowest BCUT2D eigenvalue weighted by Gasteiger charge is -2.50. The number of nitrogens with one attached hydrogen (secondary N) is 1. The number of nitrogens with two attached hydrogens (primary N) is 1. The second kappa shape index (κ2) is 4.52. The molecule has 19 heavy (non-hydrogen) atoms. The van der Waals surface area contributed by atoms with E-state index in [1.54, 1.807) is 0 Å². The van der Waals surface area contributed by atoms with Gasteiger partial charge in [0.15, 0.2) is 17.5 Å². The average Bonchev–Trinajstić information content (AvgIpc) is 2.34. The minimum Gasteiger partial charge on any atom is -0.349 e. The lowest BCUT2D eigenvalue weighted by atomic mass is 9.63. The van der Waals surface area contributed by atoms with Gasteiger partial charge in [-0.15, -0.1) is 0 Å². The van der Waals surface area contributed by atoms with Crippen molar-refractivity contribution in [3.63, 3.8) is 0 Å². The van der Waals surface area contributed by atoms with Crippen LogP contribution < -0.4 is 11.1 Å². The fourth-order valence-electron chi connectivity index (χ4n) is 2.13. The van der Waals surface area contributed by atoms with Gasteiger partial charge in [0, 0.05) is 23.1 Å². The molecule has 0 bridgehead atoms. The van der Waals surface area contributed by atoms with E-state index in [-0.39, 0.29) is 23.1 Å². The predicted octanol–water partition coefficient (Wildman–Crippen LogP) is 1.96. The van der Waals surface area contributed by atoms with E-state index in [1.165, 1.54) is 0 Å². The molecule has 1 aromatic carbocycles. The largest absolute Gasteiger partial charge is 0.349 e. The highest BCUT2D eigenvalue weighted by atomic mass is 19.2. The molecule has 0 aromatic heterocycles. The molecule has 2 rings (SSSR count). The third-order valence-electron chi connectivity index (χ3n) is 3.89. The molecule has 6 heteroatoms. The van der Waals surface area contributed by atoms with Crippen LogP contribution in [0.3, 0.4) is 0 Å². The van der Waals surface area contributed by atoms with Crippen LogP contribution in [0.2, 0.25) is 0 Å². The first-order chi connectivity index (χ1) is 8.73. The van der Waals surface area contributed by atoms with Gasteiger partial charge in [0.05, 0.1) is 0 Å². The third-order valence-corrected chi connectivity index (χ3v) is 3.89. The number of halogens is 3. The van der Waals surface area contributed by atoms with Crippen LogP contribution in [-0.2, 0) is 0 Å². The number of rotatable bonds is 2. The number of benzene rings is 1. The monoisotopic (exact) mass is 272 g/mol. The fraction of sp³-hybridized carbons (Fsp3) is 0.462. The Morgan fingerprint density at radius 2 is 1.84 bits per heavy atom. The van der Waals surface area contributed by atoms with E-state index < -0.39 is 23.4 Å². The molecule has 0 saturated heterocycles. The van der Waals surface area contributed by atoms with Gasteiger partial charge in [-0.1, -0.05) is 13.8 Å². The maximum atomic E-state index is 13.0. The topological polar surface area (TPSA) is 55.1 Å². The van der Waals surface area contributed by atoms with Crippen molar-refractivity contribution in [3.05, 3.63) is 35.1 Å². The van der Waals surface area contributed by atoms with Gasteiger partial charge in [-0.25, -0.2) is 13.2 Å². The van der Waals surface area contributed by atoms with Crippen LogP contribution in [0.25, 0.3) is 0 Å². The minimum atomic E-state index is -1.58. The quantitative estimate of drug-likeness (QED) is 0.809. The zero-order valence-electron chi connectivity index (χ0n) is 10.6. The Labute approximate surface area is 109 Å². The van der Waals surface area contributed by atoms with Crippen LogP contribution in [0.15, 0.2) is 12.1 Å². The van der Waals surface area contributed by atoms with Gasteiger partial charge in [-0.05, 0) is 18.6 Å². The highest BCUT2D eigenvalue weighted by Gasteiger charge is 2.46. The third kappa shape index (κ3) is 2.32. The molecule has 2 atom stereocenters. The lowest BCUT2D eigenvalue weighted by Crippen LogP contribution is -2.64. The Morgan fingerprint density at radius 3 is 2.26 bits per heavy atom. The van der Waals surface area contributed by atoms with Crippen LogP contribution in [0.4, 0.5) is 13.2 Å². The molecule has 0 heterocycles. The molecule has 1 fully saturated rings. The smallest absolute Gasteiger partial charge is 0.251 e. The fourth-order valence-corrected chi connectivity index (χ4v) is 2.13. The lowest BCUT2D eigenvalue weighted by molar-refractivity contribution is 0.0586. The van der Waals surface area contributed by atoms with Gasteiger partial charge in [0.2, 0.25) is 0 Å². The highest BCUT2D eigenvalue weighted by Crippen LogP contribution is 2.39. The van der Waals surface area contributed by atoms with E-state index in [2.05, 4.69) is 5.32 Å². The first-order valence-electron chi connectivity index (χ1n) is 5.94. The summed E-state index contributed by atoms with van der Waals surface area (Å²) in [6.45, 7) is 3.80. The van der Waals surface area contributed by atoms with E-state index in [0.29, 0.717) is 18.6 Å². The first-order valence-corrected chi connectivity index (χ1v) is 5.94. The van der Waals surface area contributed by atoms with Crippen LogP contribution in [-0.4, -0.2) is 18.0 Å². The Balaban J connectivity index is 2.14. The number of hydrogen-bond acceptors (Lipinski definition) is 2. The summed E-state index contributed by atoms with van der Waals surface area (Å²) in [5.41, 5.74) is 5.29. The normalized spacial score (nSPS) is 24.7. The van der Waals surface area contributed by atoms with Crippen molar-refractivity contribution >= 4 is 5.91 Å². The zero-order valence-corrected chi connectivity index (χ0v) is 10.6. The molecule has 1 aromatic rings. The van der Waals surface area contributed by atoms with Gasteiger partial charge in [0.25, 0.3) is 5.91 Å². The second-order valence-electron chi connectivity index (χ2n) is 5.44. The van der Waals surface area contributed by atoms with E-state index in [1.807, 2.05) is 13.8 Å². The van der Waals surface area contributed by atoms with Gasteiger partial charge in [-0.2, -0.15) is 0 Å². The SMILES string of the molecule is CC1(C)C(N)CC1NC(=O)c1cc(F)c(F)c(F)c1. The van der Waals surface area contributed by atoms with Gasteiger partial charge in [0.1, 0.15) is 0 Å². The van der Waals surface area contributed by atoms with E-state index >= 15 is 0 Å². The van der Waals surface area contributed by atoms with Gasteiger partial charge in [-0.3, -0.25) is 4.79 Å². The van der Waals surface area contributed by atoms with Crippen LogP contribution >= 0.6 is 0 Å². The summed E-state index contributed by atoms with van der Waals surface area (Å²) in [7, 11) is 0. The Bertz CT molecular complexity index is 508. The van der Waals surface area contributed by atoms with E-state index in [9.17, 15) is 18.0 Å². The summed E-state index contributed by atoms with van der Waals surface area (Å²) in [6.07, 6.45) is 0.602. The summed E-state index contributed by atoms with van der Waals surface area (Å²) in [5.74, 6) is -4.98. The maximum Gasteiger partial charge on any atom is 0.251 e. The number of hydrogen-bond donors (Lipinski definition) is 2. The van der Waals surface area contributed by atoms with Crippen molar-refractivity contribution in [2.45, 2.75) is 32.4 Å². The molecule has 1 aliphatic rings. The standard InChI is InChI=1S/C13H15F3N2O/c1-13(2)9(17)5-10(13)18-12(19)6-3-7(14)11(16)8(15)4-6/h3-4,9-10H,5,17H2,1-2H3,(H,18,19). The van der Waals surface area contributed by atoms with E-state index in [0.717, 1.165) is 0 Å². The molecule has 104 valence electrons.